The molecule has 2 aromatic carbocycles. The fourth-order valence-electron chi connectivity index (χ4n) is 2.48. The van der Waals surface area contributed by atoms with Crippen LogP contribution in [0.25, 0.3) is 0 Å². The Morgan fingerprint density at radius 1 is 1.10 bits per heavy atom. The van der Waals surface area contributed by atoms with Crippen LogP contribution in [0, 0.1) is 11.7 Å². The quantitative estimate of drug-likeness (QED) is 0.833. The Morgan fingerprint density at radius 2 is 1.90 bits per heavy atom. The lowest BCUT2D eigenvalue weighted by Gasteiger charge is -2.17. The van der Waals surface area contributed by atoms with Crippen LogP contribution in [0.15, 0.2) is 53.0 Å². The summed E-state index contributed by atoms with van der Waals surface area (Å²) in [5, 5.41) is 3.21. The maximum Gasteiger partial charge on any atom is 0.126 e. The van der Waals surface area contributed by atoms with Crippen LogP contribution >= 0.6 is 15.9 Å². The maximum absolute atomic E-state index is 13.8. The zero-order valence-corrected chi connectivity index (χ0v) is 13.2. The highest BCUT2D eigenvalue weighted by Gasteiger charge is 2.12. The average Bonchev–Trinajstić information content (AvgIpc) is 2.42. The van der Waals surface area contributed by atoms with Gasteiger partial charge in [-0.2, -0.15) is 0 Å². The van der Waals surface area contributed by atoms with Gasteiger partial charge in [-0.15, -0.1) is 0 Å². The largest absolute Gasteiger partial charge is 0.319 e. The molecule has 0 amide bonds. The normalized spacial score (nSPS) is 12.3. The van der Waals surface area contributed by atoms with E-state index in [2.05, 4.69) is 33.4 Å². The Labute approximate surface area is 128 Å². The maximum atomic E-state index is 13.8. The Hall–Kier alpha value is -1.19. The fourth-order valence-corrected chi connectivity index (χ4v) is 2.92. The van der Waals surface area contributed by atoms with Crippen molar-refractivity contribution in [3.63, 3.8) is 0 Å². The minimum atomic E-state index is -0.108. The van der Waals surface area contributed by atoms with E-state index in [9.17, 15) is 4.39 Å². The van der Waals surface area contributed by atoms with Crippen molar-refractivity contribution in [1.82, 2.24) is 5.32 Å². The van der Waals surface area contributed by atoms with E-state index in [0.29, 0.717) is 5.92 Å². The molecule has 0 aromatic heterocycles. The fraction of sp³-hybridized carbons (Fsp3) is 0.294. The van der Waals surface area contributed by atoms with E-state index in [1.54, 1.807) is 6.07 Å². The molecule has 3 heteroatoms. The van der Waals surface area contributed by atoms with Crippen molar-refractivity contribution < 1.29 is 4.39 Å². The third-order valence-electron chi connectivity index (χ3n) is 3.37. The van der Waals surface area contributed by atoms with Gasteiger partial charge in [0.05, 0.1) is 0 Å². The summed E-state index contributed by atoms with van der Waals surface area (Å²) in [5.74, 6) is 0.272. The van der Waals surface area contributed by atoms with Crippen molar-refractivity contribution in [3.05, 3.63) is 69.9 Å². The number of hydrogen-bond donors (Lipinski definition) is 1. The molecule has 0 aliphatic rings. The van der Waals surface area contributed by atoms with E-state index >= 15 is 0 Å². The van der Waals surface area contributed by atoms with E-state index in [0.717, 1.165) is 29.4 Å². The van der Waals surface area contributed by atoms with Crippen molar-refractivity contribution in [2.24, 2.45) is 5.92 Å². The van der Waals surface area contributed by atoms with Gasteiger partial charge in [0.15, 0.2) is 0 Å². The smallest absolute Gasteiger partial charge is 0.126 e. The predicted molar refractivity (Wildman–Crippen MR) is 85.4 cm³/mol. The minimum Gasteiger partial charge on any atom is -0.319 e. The summed E-state index contributed by atoms with van der Waals surface area (Å²) in [6.45, 7) is 0.876. The van der Waals surface area contributed by atoms with Crippen LogP contribution in [-0.4, -0.2) is 13.6 Å². The second-order valence-electron chi connectivity index (χ2n) is 5.05. The van der Waals surface area contributed by atoms with Gasteiger partial charge in [-0.1, -0.05) is 46.3 Å². The molecule has 0 saturated heterocycles. The first-order valence-electron chi connectivity index (χ1n) is 6.81. The van der Waals surface area contributed by atoms with Crippen LogP contribution in [0.4, 0.5) is 4.39 Å². The predicted octanol–water partition coefficient (Wildman–Crippen LogP) is 4.21. The lowest BCUT2D eigenvalue weighted by atomic mass is 9.92. The first kappa shape index (κ1) is 15.2. The summed E-state index contributed by atoms with van der Waals surface area (Å²) < 4.78 is 14.9. The van der Waals surface area contributed by atoms with Gasteiger partial charge < -0.3 is 5.32 Å². The molecule has 0 spiro atoms. The lowest BCUT2D eigenvalue weighted by molar-refractivity contribution is 0.480. The van der Waals surface area contributed by atoms with Crippen molar-refractivity contribution in [2.45, 2.75) is 12.8 Å². The first-order chi connectivity index (χ1) is 9.69. The molecule has 0 fully saturated rings. The van der Waals surface area contributed by atoms with Gasteiger partial charge >= 0.3 is 0 Å². The van der Waals surface area contributed by atoms with Gasteiger partial charge in [0, 0.05) is 4.47 Å². The van der Waals surface area contributed by atoms with Crippen LogP contribution in [0.2, 0.25) is 0 Å². The Morgan fingerprint density at radius 3 is 2.60 bits per heavy atom. The van der Waals surface area contributed by atoms with E-state index in [4.69, 9.17) is 0 Å². The minimum absolute atomic E-state index is 0.108. The number of hydrogen-bond acceptors (Lipinski definition) is 1. The molecule has 2 aromatic rings. The molecule has 2 rings (SSSR count). The highest BCUT2D eigenvalue weighted by Crippen LogP contribution is 2.19. The molecule has 0 bridgehead atoms. The van der Waals surface area contributed by atoms with Gasteiger partial charge in [-0.25, -0.2) is 4.39 Å². The third-order valence-corrected chi connectivity index (χ3v) is 3.87. The molecule has 0 aliphatic heterocycles. The molecule has 1 nitrogen and oxygen atoms in total. The highest BCUT2D eigenvalue weighted by molar-refractivity contribution is 9.10. The summed E-state index contributed by atoms with van der Waals surface area (Å²) in [7, 11) is 1.94. The monoisotopic (exact) mass is 335 g/mol. The zero-order chi connectivity index (χ0) is 14.4. The second kappa shape index (κ2) is 7.55. The lowest BCUT2D eigenvalue weighted by Crippen LogP contribution is -2.23. The summed E-state index contributed by atoms with van der Waals surface area (Å²) in [5.41, 5.74) is 2.07. The summed E-state index contributed by atoms with van der Waals surface area (Å²) in [6.07, 6.45) is 1.69. The van der Waals surface area contributed by atoms with Crippen LogP contribution in [0.3, 0.4) is 0 Å². The number of halogens is 2. The van der Waals surface area contributed by atoms with Crippen molar-refractivity contribution in [1.29, 1.82) is 0 Å². The molecular weight excluding hydrogens is 317 g/mol. The van der Waals surface area contributed by atoms with Gasteiger partial charge in [0.2, 0.25) is 0 Å². The molecule has 1 atom stereocenters. The Kier molecular flexibility index (Phi) is 5.74. The van der Waals surface area contributed by atoms with E-state index < -0.39 is 0 Å². The Bertz CT molecular complexity index is 556. The van der Waals surface area contributed by atoms with Gasteiger partial charge in [-0.3, -0.25) is 0 Å². The second-order valence-corrected chi connectivity index (χ2v) is 5.97. The molecule has 0 saturated carbocycles. The number of rotatable bonds is 6. The average molecular weight is 336 g/mol. The molecule has 106 valence electrons. The van der Waals surface area contributed by atoms with Crippen LogP contribution in [0.1, 0.15) is 11.1 Å². The van der Waals surface area contributed by atoms with E-state index in [-0.39, 0.29) is 5.82 Å². The topological polar surface area (TPSA) is 12.0 Å². The van der Waals surface area contributed by atoms with Gasteiger partial charge in [0.1, 0.15) is 5.82 Å². The summed E-state index contributed by atoms with van der Waals surface area (Å²) in [6, 6.07) is 15.4. The van der Waals surface area contributed by atoms with Crippen molar-refractivity contribution in [3.8, 4) is 0 Å². The van der Waals surface area contributed by atoms with Crippen LogP contribution < -0.4 is 5.32 Å². The summed E-state index contributed by atoms with van der Waals surface area (Å²) >= 11 is 3.49. The van der Waals surface area contributed by atoms with Crippen molar-refractivity contribution in [2.75, 3.05) is 13.6 Å². The molecular formula is C17H19BrFN. The van der Waals surface area contributed by atoms with Crippen LogP contribution in [0.5, 0.6) is 0 Å². The molecule has 0 aliphatic carbocycles. The number of benzene rings is 2. The molecule has 0 radical (unpaired) electrons. The molecule has 1 unspecified atom stereocenters. The Balaban J connectivity index is 2.09. The highest BCUT2D eigenvalue weighted by atomic mass is 79.9. The molecule has 0 heterocycles. The van der Waals surface area contributed by atoms with Crippen molar-refractivity contribution >= 4 is 15.9 Å². The molecule has 1 N–H and O–H groups in total. The third kappa shape index (κ3) is 4.43. The van der Waals surface area contributed by atoms with Gasteiger partial charge in [0.25, 0.3) is 0 Å². The standard InChI is InChI=1S/C17H19BrFN/c1-20-12-14(9-13-5-4-7-16(18)11-13)10-15-6-2-3-8-17(15)19/h2-8,11,14,20H,9-10,12H2,1H3. The van der Waals surface area contributed by atoms with E-state index in [1.807, 2.05) is 31.3 Å². The summed E-state index contributed by atoms with van der Waals surface area (Å²) in [4.78, 5) is 0. The first-order valence-corrected chi connectivity index (χ1v) is 7.61. The zero-order valence-electron chi connectivity index (χ0n) is 11.6. The molecule has 20 heavy (non-hydrogen) atoms. The number of nitrogens with one attached hydrogen (secondary N) is 1. The van der Waals surface area contributed by atoms with E-state index in [1.165, 1.54) is 11.6 Å². The van der Waals surface area contributed by atoms with Gasteiger partial charge in [-0.05, 0) is 61.7 Å². The van der Waals surface area contributed by atoms with Crippen LogP contribution in [-0.2, 0) is 12.8 Å². The SMILES string of the molecule is CNCC(Cc1cccc(Br)c1)Cc1ccccc1F.